The summed E-state index contributed by atoms with van der Waals surface area (Å²) in [7, 11) is 5.84. The van der Waals surface area contributed by atoms with Crippen LogP contribution in [0.25, 0.3) is 5.76 Å². The Morgan fingerprint density at radius 2 is 1.88 bits per heavy atom. The highest BCUT2D eigenvalue weighted by molar-refractivity contribution is 6.04. The molecule has 0 aromatic heterocycles. The van der Waals surface area contributed by atoms with Gasteiger partial charge in [-0.15, -0.1) is 0 Å². The van der Waals surface area contributed by atoms with Crippen molar-refractivity contribution in [2.24, 2.45) is 0 Å². The van der Waals surface area contributed by atoms with Crippen LogP contribution in [0, 0.1) is 0 Å². The zero-order valence-electron chi connectivity index (χ0n) is 9.89. The molecule has 1 heterocycles. The molecule has 1 aliphatic carbocycles. The first-order valence-corrected chi connectivity index (χ1v) is 6.20. The van der Waals surface area contributed by atoms with E-state index in [-0.39, 0.29) is 5.41 Å². The van der Waals surface area contributed by atoms with Gasteiger partial charge in [0.2, 0.25) is 0 Å². The highest BCUT2D eigenvalue weighted by atomic mass is 16.3. The van der Waals surface area contributed by atoms with E-state index in [9.17, 15) is 5.11 Å². The smallest absolute Gasteiger partial charge is 0.182 e. The lowest BCUT2D eigenvalue weighted by atomic mass is 9.66. The van der Waals surface area contributed by atoms with E-state index < -0.39 is 0 Å². The van der Waals surface area contributed by atoms with Gasteiger partial charge in [-0.05, 0) is 44.0 Å². The summed E-state index contributed by atoms with van der Waals surface area (Å²) in [5.41, 5.74) is 2.50. The first-order chi connectivity index (χ1) is 8.21. The van der Waals surface area contributed by atoms with E-state index in [4.69, 9.17) is 7.98 Å². The molecule has 0 amide bonds. The predicted molar refractivity (Wildman–Crippen MR) is 69.9 cm³/mol. The number of benzene rings is 1. The van der Waals surface area contributed by atoms with Crippen molar-refractivity contribution < 1.29 is 5.11 Å². The van der Waals surface area contributed by atoms with Crippen molar-refractivity contribution in [1.29, 1.82) is 0 Å². The number of hydrogen-bond acceptors (Lipinski definition) is 2. The zero-order chi connectivity index (χ0) is 11.9. The molecule has 1 N–H and O–H groups in total. The molecule has 3 rings (SSSR count). The van der Waals surface area contributed by atoms with E-state index in [1.165, 1.54) is 5.56 Å². The molecule has 1 aromatic rings. The van der Waals surface area contributed by atoms with Gasteiger partial charge in [0, 0.05) is 11.0 Å². The summed E-state index contributed by atoms with van der Waals surface area (Å²) in [6.45, 7) is 1.87. The summed E-state index contributed by atoms with van der Waals surface area (Å²) in [4.78, 5) is 1.89. The molecule has 0 saturated carbocycles. The maximum absolute atomic E-state index is 9.95. The van der Waals surface area contributed by atoms with Crippen molar-refractivity contribution in [3.63, 3.8) is 0 Å². The second-order valence-corrected chi connectivity index (χ2v) is 5.16. The summed E-state index contributed by atoms with van der Waals surface area (Å²) in [6, 6.07) is 8.22. The molecule has 0 atom stereocenters. The minimum Gasteiger partial charge on any atom is -0.508 e. The maximum Gasteiger partial charge on any atom is 0.182 e. The number of fused-ring (bicyclic) bond motifs is 2. The van der Waals surface area contributed by atoms with Crippen molar-refractivity contribution in [2.45, 2.75) is 24.7 Å². The summed E-state index contributed by atoms with van der Waals surface area (Å²) < 4.78 is 0. The van der Waals surface area contributed by atoms with Gasteiger partial charge >= 0.3 is 0 Å². The number of allylic oxidation sites excluding steroid dienone is 1. The van der Waals surface area contributed by atoms with Crippen LogP contribution in [0.15, 0.2) is 30.3 Å². The van der Waals surface area contributed by atoms with E-state index in [1.54, 1.807) is 0 Å². The van der Waals surface area contributed by atoms with Gasteiger partial charge in [-0.3, -0.25) is 0 Å². The molecule has 17 heavy (non-hydrogen) atoms. The molecule has 1 saturated heterocycles. The maximum atomic E-state index is 9.95. The van der Waals surface area contributed by atoms with E-state index in [1.807, 2.05) is 23.0 Å². The predicted octanol–water partition coefficient (Wildman–Crippen LogP) is 2.41. The Bertz CT molecular complexity index is 461. The average Bonchev–Trinajstić information content (AvgIpc) is 2.38. The summed E-state index contributed by atoms with van der Waals surface area (Å²) in [6.07, 6.45) is 5.05. The van der Waals surface area contributed by atoms with Gasteiger partial charge in [0.15, 0.2) is 7.98 Å². The first-order valence-electron chi connectivity index (χ1n) is 6.20. The summed E-state index contributed by atoms with van der Waals surface area (Å²) in [5, 5.41) is 9.95. The monoisotopic (exact) mass is 225 g/mol. The summed E-state index contributed by atoms with van der Waals surface area (Å²) >= 11 is 0. The van der Waals surface area contributed by atoms with E-state index in [2.05, 4.69) is 12.1 Å². The fourth-order valence-electron chi connectivity index (χ4n) is 3.11. The van der Waals surface area contributed by atoms with E-state index in [0.717, 1.165) is 37.9 Å². The third kappa shape index (κ3) is 1.69. The lowest BCUT2D eigenvalue weighted by molar-refractivity contribution is 0.235. The highest BCUT2D eigenvalue weighted by Gasteiger charge is 2.38. The van der Waals surface area contributed by atoms with Gasteiger partial charge in [-0.25, -0.2) is 0 Å². The average molecular weight is 225 g/mol. The molecular formula is C14H16BNO. The molecular weight excluding hydrogens is 209 g/mol. The minimum atomic E-state index is 0.193. The van der Waals surface area contributed by atoms with E-state index >= 15 is 0 Å². The lowest BCUT2D eigenvalue weighted by Gasteiger charge is -2.43. The molecule has 3 heteroatoms. The van der Waals surface area contributed by atoms with Crippen LogP contribution in [0.3, 0.4) is 0 Å². The number of rotatable bonds is 0. The Balaban J connectivity index is 2.04. The van der Waals surface area contributed by atoms with Crippen LogP contribution in [0.1, 0.15) is 30.4 Å². The number of nitrogens with zero attached hydrogens (tertiary/aromatic N) is 1. The molecule has 0 unspecified atom stereocenters. The van der Waals surface area contributed by atoms with Crippen molar-refractivity contribution >= 4 is 13.7 Å². The lowest BCUT2D eigenvalue weighted by Crippen LogP contribution is -2.42. The second-order valence-electron chi connectivity index (χ2n) is 5.16. The molecule has 86 valence electrons. The SMILES string of the molecule is [B]N1CCC2(CC=C(O)c3ccccc32)CC1. The molecule has 2 radical (unpaired) electrons. The quantitative estimate of drug-likeness (QED) is 0.685. The van der Waals surface area contributed by atoms with Crippen LogP contribution in [0.4, 0.5) is 0 Å². The van der Waals surface area contributed by atoms with Crippen molar-refractivity contribution in [1.82, 2.24) is 4.81 Å². The van der Waals surface area contributed by atoms with Crippen molar-refractivity contribution in [3.05, 3.63) is 41.5 Å². The zero-order valence-corrected chi connectivity index (χ0v) is 9.89. The van der Waals surface area contributed by atoms with Crippen LogP contribution in [0.2, 0.25) is 0 Å². The molecule has 1 spiro atoms. The Morgan fingerprint density at radius 1 is 1.18 bits per heavy atom. The minimum absolute atomic E-state index is 0.193. The number of aliphatic hydroxyl groups is 1. The van der Waals surface area contributed by atoms with Crippen LogP contribution < -0.4 is 0 Å². The highest BCUT2D eigenvalue weighted by Crippen LogP contribution is 2.44. The number of piperidine rings is 1. The molecule has 2 aliphatic rings. The first kappa shape index (κ1) is 10.9. The van der Waals surface area contributed by atoms with Crippen molar-refractivity contribution in [2.75, 3.05) is 13.1 Å². The Kier molecular flexibility index (Phi) is 2.51. The van der Waals surface area contributed by atoms with Gasteiger partial charge in [-0.1, -0.05) is 24.3 Å². The molecule has 1 fully saturated rings. The third-order valence-electron chi connectivity index (χ3n) is 4.22. The molecule has 2 nitrogen and oxygen atoms in total. The summed E-state index contributed by atoms with van der Waals surface area (Å²) in [5.74, 6) is 0.432. The third-order valence-corrected chi connectivity index (χ3v) is 4.22. The van der Waals surface area contributed by atoms with Crippen LogP contribution >= 0.6 is 0 Å². The fraction of sp³-hybridized carbons (Fsp3) is 0.429. The van der Waals surface area contributed by atoms with Crippen LogP contribution in [0.5, 0.6) is 0 Å². The van der Waals surface area contributed by atoms with Crippen LogP contribution in [-0.2, 0) is 5.41 Å². The molecule has 1 aromatic carbocycles. The van der Waals surface area contributed by atoms with Gasteiger partial charge < -0.3 is 9.92 Å². The van der Waals surface area contributed by atoms with E-state index in [0.29, 0.717) is 5.76 Å². The fourth-order valence-corrected chi connectivity index (χ4v) is 3.11. The van der Waals surface area contributed by atoms with Gasteiger partial charge in [0.05, 0.1) is 0 Å². The Hall–Kier alpha value is -1.22. The largest absolute Gasteiger partial charge is 0.508 e. The molecule has 1 aliphatic heterocycles. The number of aliphatic hydroxyl groups excluding tert-OH is 1. The Morgan fingerprint density at radius 3 is 2.65 bits per heavy atom. The second kappa shape index (κ2) is 3.92. The van der Waals surface area contributed by atoms with Gasteiger partial charge in [0.25, 0.3) is 0 Å². The van der Waals surface area contributed by atoms with Crippen molar-refractivity contribution in [3.8, 4) is 0 Å². The van der Waals surface area contributed by atoms with Gasteiger partial charge in [0.1, 0.15) is 5.76 Å². The standard InChI is InChI=1S/C14H16BNO/c15-16-9-7-14(8-10-16)6-5-13(17)11-3-1-2-4-12(11)14/h1-5,17H,6-10H2. The van der Waals surface area contributed by atoms with Crippen LogP contribution in [-0.4, -0.2) is 31.0 Å². The topological polar surface area (TPSA) is 23.5 Å². The van der Waals surface area contributed by atoms with Gasteiger partial charge in [-0.2, -0.15) is 0 Å². The number of hydrogen-bond donors (Lipinski definition) is 1. The normalized spacial score (nSPS) is 23.2. The Labute approximate surface area is 103 Å². The molecule has 0 bridgehead atoms.